The molecule has 0 unspecified atom stereocenters. The third-order valence-electron chi connectivity index (χ3n) is 6.62. The Kier molecular flexibility index (Phi) is 5.66. The zero-order chi connectivity index (χ0) is 23.5. The molecule has 6 rings (SSSR count). The Labute approximate surface area is 206 Å². The molecule has 0 bridgehead atoms. The Morgan fingerprint density at radius 3 is 1.49 bits per heavy atom. The first-order valence-electron chi connectivity index (χ1n) is 12.1. The summed E-state index contributed by atoms with van der Waals surface area (Å²) in [4.78, 5) is 0. The van der Waals surface area contributed by atoms with Gasteiger partial charge >= 0.3 is 0 Å². The Morgan fingerprint density at radius 2 is 0.886 bits per heavy atom. The lowest BCUT2D eigenvalue weighted by molar-refractivity contribution is -0.666. The van der Waals surface area contributed by atoms with Gasteiger partial charge in [-0.25, -0.2) is 0 Å². The van der Waals surface area contributed by atoms with Crippen molar-refractivity contribution in [3.05, 3.63) is 151 Å². The van der Waals surface area contributed by atoms with Gasteiger partial charge in [-0.05, 0) is 46.2 Å². The van der Waals surface area contributed by atoms with Crippen LogP contribution in [0.5, 0.6) is 0 Å². The van der Waals surface area contributed by atoms with Crippen LogP contribution < -0.4 is 4.57 Å². The smallest absolute Gasteiger partial charge is 0.187 e. The minimum Gasteiger partial charge on any atom is -0.187 e. The fraction of sp³-hybridized carbons (Fsp3) is 0.0294. The van der Waals surface area contributed by atoms with E-state index in [-0.39, 0.29) is 0 Å². The molecule has 0 saturated carbocycles. The van der Waals surface area contributed by atoms with E-state index < -0.39 is 0 Å². The van der Waals surface area contributed by atoms with E-state index in [0.29, 0.717) is 0 Å². The van der Waals surface area contributed by atoms with Gasteiger partial charge < -0.3 is 0 Å². The molecule has 0 spiro atoms. The summed E-state index contributed by atoms with van der Waals surface area (Å²) < 4.78 is 2.47. The first-order chi connectivity index (χ1) is 17.4. The van der Waals surface area contributed by atoms with Gasteiger partial charge in [-0.2, -0.15) is 4.57 Å². The van der Waals surface area contributed by atoms with Gasteiger partial charge in [0, 0.05) is 28.8 Å². The Morgan fingerprint density at radius 1 is 0.400 bits per heavy atom. The van der Waals surface area contributed by atoms with E-state index in [0.717, 1.165) is 6.54 Å². The Bertz CT molecular complexity index is 1520. The van der Waals surface area contributed by atoms with Gasteiger partial charge in [-0.15, -0.1) is 0 Å². The molecular formula is C34H26N+. The summed E-state index contributed by atoms with van der Waals surface area (Å²) in [6, 6.07) is 52.1. The maximum absolute atomic E-state index is 2.47. The van der Waals surface area contributed by atoms with Crippen molar-refractivity contribution >= 4 is 10.8 Å². The molecule has 0 saturated heterocycles. The van der Waals surface area contributed by atoms with Gasteiger partial charge in [-0.3, -0.25) is 0 Å². The minimum absolute atomic E-state index is 0.783. The highest BCUT2D eigenvalue weighted by Crippen LogP contribution is 2.30. The minimum atomic E-state index is 0.783. The van der Waals surface area contributed by atoms with E-state index in [9.17, 15) is 0 Å². The highest BCUT2D eigenvalue weighted by molar-refractivity contribution is 5.85. The first kappa shape index (κ1) is 21.1. The largest absolute Gasteiger partial charge is 0.213 e. The van der Waals surface area contributed by atoms with Crippen molar-refractivity contribution in [1.29, 1.82) is 0 Å². The summed E-state index contributed by atoms with van der Waals surface area (Å²) in [5.41, 5.74) is 8.59. The number of aromatic nitrogens is 1. The van der Waals surface area contributed by atoms with Crippen LogP contribution in [0.1, 0.15) is 5.56 Å². The topological polar surface area (TPSA) is 3.88 Å². The van der Waals surface area contributed by atoms with Gasteiger partial charge in [-0.1, -0.05) is 109 Å². The number of pyridine rings is 1. The van der Waals surface area contributed by atoms with Crippen molar-refractivity contribution in [3.8, 4) is 33.6 Å². The zero-order valence-corrected chi connectivity index (χ0v) is 19.5. The lowest BCUT2D eigenvalue weighted by Crippen LogP contribution is -2.39. The number of hydrogen-bond donors (Lipinski definition) is 0. The van der Waals surface area contributed by atoms with Crippen molar-refractivity contribution in [2.24, 2.45) is 0 Å². The van der Waals surface area contributed by atoms with E-state index in [4.69, 9.17) is 0 Å². The van der Waals surface area contributed by atoms with Crippen molar-refractivity contribution in [1.82, 2.24) is 0 Å². The number of nitrogens with zero attached hydrogens (tertiary/aromatic N) is 1. The third kappa shape index (κ3) is 4.25. The van der Waals surface area contributed by atoms with Gasteiger partial charge in [0.1, 0.15) is 0 Å². The van der Waals surface area contributed by atoms with E-state index in [2.05, 4.69) is 150 Å². The monoisotopic (exact) mass is 448 g/mol. The highest BCUT2D eigenvalue weighted by Gasteiger charge is 2.23. The first-order valence-corrected chi connectivity index (χ1v) is 12.1. The van der Waals surface area contributed by atoms with E-state index in [1.54, 1.807) is 0 Å². The van der Waals surface area contributed by atoms with E-state index in [1.807, 2.05) is 0 Å². The van der Waals surface area contributed by atoms with Gasteiger partial charge in [0.2, 0.25) is 11.4 Å². The summed E-state index contributed by atoms with van der Waals surface area (Å²) >= 11 is 0. The standard InChI is InChI=1S/C34H26N/c1-4-13-26(14-5-1)31-23-33(28-16-6-2-7-17-28)35(34(24-31)29-18-8-3-9-19-29)25-30-21-12-20-27-15-10-11-22-32(27)30/h1-24H,25H2/q+1. The van der Waals surface area contributed by atoms with E-state index >= 15 is 0 Å². The molecule has 1 heterocycles. The second-order valence-electron chi connectivity index (χ2n) is 8.84. The fourth-order valence-electron chi connectivity index (χ4n) is 4.89. The molecule has 0 aliphatic rings. The molecule has 1 nitrogen and oxygen atoms in total. The van der Waals surface area contributed by atoms with Gasteiger partial charge in [0.05, 0.1) is 0 Å². The van der Waals surface area contributed by atoms with Crippen LogP contribution in [0.2, 0.25) is 0 Å². The number of fused-ring (bicyclic) bond motifs is 1. The summed E-state index contributed by atoms with van der Waals surface area (Å²) in [7, 11) is 0. The van der Waals surface area contributed by atoms with Crippen LogP contribution in [0.4, 0.5) is 0 Å². The summed E-state index contributed by atoms with van der Waals surface area (Å²) in [6.07, 6.45) is 0. The average Bonchev–Trinajstić information content (AvgIpc) is 2.95. The zero-order valence-electron chi connectivity index (χ0n) is 19.5. The molecule has 166 valence electrons. The molecule has 5 aromatic carbocycles. The van der Waals surface area contributed by atoms with Crippen LogP contribution in [0.25, 0.3) is 44.4 Å². The van der Waals surface area contributed by atoms with E-state index in [1.165, 1.54) is 50.0 Å². The van der Waals surface area contributed by atoms with Crippen LogP contribution in [0.15, 0.2) is 146 Å². The second-order valence-corrected chi connectivity index (χ2v) is 8.84. The molecule has 0 atom stereocenters. The molecule has 0 fully saturated rings. The van der Waals surface area contributed by atoms with Crippen molar-refractivity contribution in [2.75, 3.05) is 0 Å². The Balaban J connectivity index is 1.64. The van der Waals surface area contributed by atoms with Gasteiger partial charge in [0.15, 0.2) is 6.54 Å². The van der Waals surface area contributed by atoms with Crippen molar-refractivity contribution in [3.63, 3.8) is 0 Å². The van der Waals surface area contributed by atoms with Crippen LogP contribution in [0, 0.1) is 0 Å². The SMILES string of the molecule is c1ccc(-c2cc(-c3ccccc3)[n+](Cc3cccc4ccccc34)c(-c3ccccc3)c2)cc1. The summed E-state index contributed by atoms with van der Waals surface area (Å²) in [5.74, 6) is 0. The van der Waals surface area contributed by atoms with Crippen LogP contribution in [-0.4, -0.2) is 0 Å². The molecule has 0 aliphatic heterocycles. The normalized spacial score (nSPS) is 11.0. The fourth-order valence-corrected chi connectivity index (χ4v) is 4.89. The molecule has 35 heavy (non-hydrogen) atoms. The third-order valence-corrected chi connectivity index (χ3v) is 6.62. The predicted octanol–water partition coefficient (Wildman–Crippen LogP) is 8.18. The average molecular weight is 449 g/mol. The molecule has 0 radical (unpaired) electrons. The maximum atomic E-state index is 2.47. The lowest BCUT2D eigenvalue weighted by atomic mass is 9.98. The van der Waals surface area contributed by atoms with Crippen LogP contribution in [-0.2, 0) is 6.54 Å². The molecule has 6 aromatic rings. The van der Waals surface area contributed by atoms with Crippen LogP contribution in [0.3, 0.4) is 0 Å². The highest BCUT2D eigenvalue weighted by atomic mass is 15.0. The van der Waals surface area contributed by atoms with Gasteiger partial charge in [0.25, 0.3) is 0 Å². The maximum Gasteiger partial charge on any atom is 0.213 e. The number of benzene rings is 5. The molecule has 0 amide bonds. The molecule has 0 N–H and O–H groups in total. The van der Waals surface area contributed by atoms with Crippen LogP contribution >= 0.6 is 0 Å². The number of rotatable bonds is 5. The molecule has 1 heteroatoms. The predicted molar refractivity (Wildman–Crippen MR) is 146 cm³/mol. The summed E-state index contributed by atoms with van der Waals surface area (Å²) in [6.45, 7) is 0.783. The quantitative estimate of drug-likeness (QED) is 0.234. The second kappa shape index (κ2) is 9.40. The Hall–Kier alpha value is -4.49. The lowest BCUT2D eigenvalue weighted by Gasteiger charge is -2.14. The summed E-state index contributed by atoms with van der Waals surface area (Å²) in [5, 5.41) is 2.57. The molecular weight excluding hydrogens is 422 g/mol. The van der Waals surface area contributed by atoms with Crippen molar-refractivity contribution < 1.29 is 4.57 Å². The molecule has 1 aromatic heterocycles. The van der Waals surface area contributed by atoms with Crippen molar-refractivity contribution in [2.45, 2.75) is 6.54 Å². The number of hydrogen-bond acceptors (Lipinski definition) is 0. The molecule has 0 aliphatic carbocycles.